The highest BCUT2D eigenvalue weighted by atomic mass is 16.1. The molecule has 3 atom stereocenters. The quantitative estimate of drug-likeness (QED) is 0.912. The highest BCUT2D eigenvalue weighted by Crippen LogP contribution is 2.39. The van der Waals surface area contributed by atoms with Gasteiger partial charge in [-0.1, -0.05) is 36.4 Å². The average molecular weight is 350 g/mol. The van der Waals surface area contributed by atoms with Crippen molar-refractivity contribution in [3.05, 3.63) is 66.0 Å². The van der Waals surface area contributed by atoms with E-state index in [0.717, 1.165) is 38.4 Å². The molecular formula is C21H26N4O. The van der Waals surface area contributed by atoms with Crippen LogP contribution in [0, 0.1) is 5.92 Å². The van der Waals surface area contributed by atoms with Crippen LogP contribution in [-0.2, 0) is 11.3 Å². The summed E-state index contributed by atoms with van der Waals surface area (Å²) in [6.45, 7) is 4.76. The Labute approximate surface area is 155 Å². The van der Waals surface area contributed by atoms with Crippen LogP contribution in [0.1, 0.15) is 17.2 Å². The van der Waals surface area contributed by atoms with Gasteiger partial charge in [0.05, 0.1) is 11.6 Å². The van der Waals surface area contributed by atoms with E-state index in [0.29, 0.717) is 0 Å². The first kappa shape index (κ1) is 17.2. The Balaban J connectivity index is 1.54. The summed E-state index contributed by atoms with van der Waals surface area (Å²) in [4.78, 5) is 22.1. The molecule has 1 N–H and O–H groups in total. The zero-order valence-corrected chi connectivity index (χ0v) is 15.2. The number of amides is 1. The van der Waals surface area contributed by atoms with Crippen LogP contribution in [0.15, 0.2) is 54.7 Å². The second kappa shape index (κ2) is 7.56. The molecule has 0 spiro atoms. The molecule has 0 saturated carbocycles. The van der Waals surface area contributed by atoms with Crippen LogP contribution in [0.2, 0.25) is 0 Å². The highest BCUT2D eigenvalue weighted by molar-refractivity contribution is 5.80. The summed E-state index contributed by atoms with van der Waals surface area (Å²) in [5.41, 5.74) is 2.36. The van der Waals surface area contributed by atoms with Crippen molar-refractivity contribution in [2.45, 2.75) is 18.5 Å². The van der Waals surface area contributed by atoms with Crippen LogP contribution in [0.5, 0.6) is 0 Å². The van der Waals surface area contributed by atoms with Crippen molar-refractivity contribution in [2.75, 3.05) is 33.2 Å². The third kappa shape index (κ3) is 3.37. The predicted molar refractivity (Wildman–Crippen MR) is 102 cm³/mol. The molecule has 26 heavy (non-hydrogen) atoms. The van der Waals surface area contributed by atoms with Gasteiger partial charge in [0.1, 0.15) is 0 Å². The van der Waals surface area contributed by atoms with Gasteiger partial charge in [0.2, 0.25) is 5.91 Å². The summed E-state index contributed by atoms with van der Waals surface area (Å²) < 4.78 is 0. The number of rotatable bonds is 4. The van der Waals surface area contributed by atoms with Crippen LogP contribution in [0.25, 0.3) is 0 Å². The molecule has 2 fully saturated rings. The minimum Gasteiger partial charge on any atom is -0.359 e. The van der Waals surface area contributed by atoms with Crippen molar-refractivity contribution in [2.24, 2.45) is 5.92 Å². The Morgan fingerprint density at radius 1 is 1.12 bits per heavy atom. The Hall–Kier alpha value is -2.24. The maximum atomic E-state index is 12.7. The maximum Gasteiger partial charge on any atom is 0.225 e. The number of hydrogen-bond donors (Lipinski definition) is 1. The van der Waals surface area contributed by atoms with Crippen molar-refractivity contribution < 1.29 is 4.79 Å². The summed E-state index contributed by atoms with van der Waals surface area (Å²) in [5, 5.41) is 2.91. The molecule has 5 heteroatoms. The van der Waals surface area contributed by atoms with Crippen LogP contribution in [0.3, 0.4) is 0 Å². The van der Waals surface area contributed by atoms with Crippen LogP contribution >= 0.6 is 0 Å². The zero-order valence-electron chi connectivity index (χ0n) is 15.2. The van der Waals surface area contributed by atoms with Gasteiger partial charge in [-0.25, -0.2) is 0 Å². The molecule has 4 rings (SSSR count). The molecule has 2 saturated heterocycles. The van der Waals surface area contributed by atoms with Gasteiger partial charge in [0.25, 0.3) is 0 Å². The van der Waals surface area contributed by atoms with Crippen molar-refractivity contribution >= 4 is 5.91 Å². The molecule has 3 heterocycles. The van der Waals surface area contributed by atoms with Gasteiger partial charge in [0, 0.05) is 57.9 Å². The summed E-state index contributed by atoms with van der Waals surface area (Å²) in [6, 6.07) is 16.8. The Bertz CT molecular complexity index is 736. The minimum atomic E-state index is -0.00562. The molecule has 0 radical (unpaired) electrons. The fourth-order valence-corrected chi connectivity index (χ4v) is 4.51. The van der Waals surface area contributed by atoms with Gasteiger partial charge in [-0.15, -0.1) is 0 Å². The minimum absolute atomic E-state index is 0.00562. The average Bonchev–Trinajstić information content (AvgIpc) is 3.08. The molecule has 2 aliphatic heterocycles. The Morgan fingerprint density at radius 3 is 2.65 bits per heavy atom. The van der Waals surface area contributed by atoms with Crippen LogP contribution in [-0.4, -0.2) is 60.0 Å². The fraction of sp³-hybridized carbons (Fsp3) is 0.429. The first-order valence-electron chi connectivity index (χ1n) is 9.39. The molecule has 1 aromatic carbocycles. The van der Waals surface area contributed by atoms with Gasteiger partial charge < -0.3 is 5.32 Å². The third-order valence-corrected chi connectivity index (χ3v) is 5.79. The van der Waals surface area contributed by atoms with Gasteiger partial charge in [-0.2, -0.15) is 0 Å². The van der Waals surface area contributed by atoms with E-state index in [2.05, 4.69) is 50.4 Å². The predicted octanol–water partition coefficient (Wildman–Crippen LogP) is 1.73. The van der Waals surface area contributed by atoms with E-state index in [1.165, 1.54) is 5.56 Å². The Morgan fingerprint density at radius 2 is 1.92 bits per heavy atom. The number of hydrogen-bond acceptors (Lipinski definition) is 4. The third-order valence-electron chi connectivity index (χ3n) is 5.79. The van der Waals surface area contributed by atoms with Crippen molar-refractivity contribution in [3.8, 4) is 0 Å². The lowest BCUT2D eigenvalue weighted by Crippen LogP contribution is -2.53. The molecule has 0 bridgehead atoms. The summed E-state index contributed by atoms with van der Waals surface area (Å²) >= 11 is 0. The number of fused-ring (bicyclic) bond motifs is 1. The van der Waals surface area contributed by atoms with E-state index in [9.17, 15) is 4.79 Å². The highest BCUT2D eigenvalue weighted by Gasteiger charge is 2.47. The number of carbonyl (C=O) groups excluding carboxylic acids is 1. The van der Waals surface area contributed by atoms with Crippen LogP contribution in [0.4, 0.5) is 0 Å². The smallest absolute Gasteiger partial charge is 0.225 e. The van der Waals surface area contributed by atoms with Crippen LogP contribution < -0.4 is 5.32 Å². The monoisotopic (exact) mass is 350 g/mol. The van der Waals surface area contributed by atoms with E-state index in [-0.39, 0.29) is 23.8 Å². The number of carbonyl (C=O) groups is 1. The molecule has 136 valence electrons. The number of benzene rings is 1. The Kier molecular flexibility index (Phi) is 5.00. The second-order valence-electron chi connectivity index (χ2n) is 7.28. The van der Waals surface area contributed by atoms with Gasteiger partial charge in [-0.3, -0.25) is 19.6 Å². The van der Waals surface area contributed by atoms with E-state index in [1.807, 2.05) is 24.4 Å². The number of pyridine rings is 1. The number of nitrogens with one attached hydrogen (secondary N) is 1. The van der Waals surface area contributed by atoms with E-state index >= 15 is 0 Å². The van der Waals surface area contributed by atoms with Gasteiger partial charge in [0.15, 0.2) is 0 Å². The number of nitrogens with zero attached hydrogens (tertiary/aromatic N) is 3. The normalized spacial score (nSPS) is 26.4. The largest absolute Gasteiger partial charge is 0.359 e. The van der Waals surface area contributed by atoms with Crippen molar-refractivity contribution in [3.63, 3.8) is 0 Å². The standard InChI is InChI=1S/C21H26N4O/c1-22-21(26)20-18(16-7-3-2-4-8-16)14-25-12-11-24(15-19(20)25)13-17-9-5-6-10-23-17/h2-10,18-20H,11-15H2,1H3,(H,22,26)/t18-,19-,20-/m1/s1. The lowest BCUT2D eigenvalue weighted by Gasteiger charge is -2.39. The second-order valence-corrected chi connectivity index (χ2v) is 7.28. The fourth-order valence-electron chi connectivity index (χ4n) is 4.51. The summed E-state index contributed by atoms with van der Waals surface area (Å²) in [5.74, 6) is 0.413. The number of aromatic nitrogens is 1. The lowest BCUT2D eigenvalue weighted by molar-refractivity contribution is -0.126. The lowest BCUT2D eigenvalue weighted by atomic mass is 9.84. The molecule has 1 amide bonds. The first-order chi connectivity index (χ1) is 12.8. The number of piperazine rings is 1. The van der Waals surface area contributed by atoms with E-state index in [1.54, 1.807) is 7.05 Å². The van der Waals surface area contributed by atoms with Crippen molar-refractivity contribution in [1.82, 2.24) is 20.1 Å². The van der Waals surface area contributed by atoms with Crippen molar-refractivity contribution in [1.29, 1.82) is 0 Å². The van der Waals surface area contributed by atoms with Gasteiger partial charge >= 0.3 is 0 Å². The summed E-state index contributed by atoms with van der Waals surface area (Å²) in [7, 11) is 1.75. The molecule has 2 aliphatic rings. The molecular weight excluding hydrogens is 324 g/mol. The van der Waals surface area contributed by atoms with E-state index in [4.69, 9.17) is 0 Å². The summed E-state index contributed by atoms with van der Waals surface area (Å²) in [6.07, 6.45) is 1.85. The van der Waals surface area contributed by atoms with Gasteiger partial charge in [-0.05, 0) is 17.7 Å². The SMILES string of the molecule is CNC(=O)[C@@H]1[C@@H](c2ccccc2)CN2CCN(Cc3ccccn3)C[C@H]12. The topological polar surface area (TPSA) is 48.5 Å². The molecule has 0 unspecified atom stereocenters. The molecule has 2 aromatic rings. The molecule has 1 aromatic heterocycles. The molecule has 0 aliphatic carbocycles. The maximum absolute atomic E-state index is 12.7. The zero-order chi connectivity index (χ0) is 17.9. The van der Waals surface area contributed by atoms with E-state index < -0.39 is 0 Å². The molecule has 5 nitrogen and oxygen atoms in total. The first-order valence-corrected chi connectivity index (χ1v) is 9.39.